The molecular formula is C25H22ClN3O2S. The molecule has 5 nitrogen and oxygen atoms in total. The number of thiocarbonyl (C=S) groups is 1. The number of aryl methyl sites for hydroxylation is 1. The third-order valence-corrected chi connectivity index (χ3v) is 5.01. The molecule has 0 aliphatic rings. The van der Waals surface area contributed by atoms with Crippen LogP contribution in [0.15, 0.2) is 84.9 Å². The van der Waals surface area contributed by atoms with Crippen LogP contribution >= 0.6 is 23.8 Å². The Morgan fingerprint density at radius 1 is 0.844 bits per heavy atom. The first-order valence-corrected chi connectivity index (χ1v) is 10.8. The van der Waals surface area contributed by atoms with Crippen LogP contribution in [0.1, 0.15) is 17.5 Å². The highest BCUT2D eigenvalue weighted by atomic mass is 35.5. The molecule has 7 heteroatoms. The van der Waals surface area contributed by atoms with Crippen molar-refractivity contribution in [3.63, 3.8) is 0 Å². The summed E-state index contributed by atoms with van der Waals surface area (Å²) in [7, 11) is 0. The Balaban J connectivity index is 1.44. The lowest BCUT2D eigenvalue weighted by molar-refractivity contribution is -0.116. The molecule has 0 fully saturated rings. The third kappa shape index (κ3) is 7.65. The summed E-state index contributed by atoms with van der Waals surface area (Å²) in [5.41, 5.74) is 3.24. The first kappa shape index (κ1) is 23.2. The number of benzene rings is 3. The summed E-state index contributed by atoms with van der Waals surface area (Å²) in [6.07, 6.45) is 4.08. The third-order valence-electron chi connectivity index (χ3n) is 4.47. The molecule has 0 radical (unpaired) electrons. The van der Waals surface area contributed by atoms with E-state index < -0.39 is 0 Å². The SMILES string of the molecule is O=C(/C=C/c1ccccc1Cl)NC(=S)Nc1ccc(NC(=O)CCc2ccccc2)cc1. The van der Waals surface area contributed by atoms with Gasteiger partial charge in [0.25, 0.3) is 0 Å². The fraction of sp³-hybridized carbons (Fsp3) is 0.0800. The summed E-state index contributed by atoms with van der Waals surface area (Å²) in [6, 6.07) is 24.2. The second-order valence-electron chi connectivity index (χ2n) is 6.91. The topological polar surface area (TPSA) is 70.2 Å². The van der Waals surface area contributed by atoms with Crippen molar-refractivity contribution < 1.29 is 9.59 Å². The summed E-state index contributed by atoms with van der Waals surface area (Å²) >= 11 is 11.2. The van der Waals surface area contributed by atoms with Crippen molar-refractivity contribution in [2.45, 2.75) is 12.8 Å². The number of hydrogen-bond donors (Lipinski definition) is 3. The van der Waals surface area contributed by atoms with Gasteiger partial charge in [-0.05, 0) is 66.2 Å². The molecule has 0 bridgehead atoms. The molecule has 162 valence electrons. The van der Waals surface area contributed by atoms with Crippen LogP contribution in [-0.2, 0) is 16.0 Å². The molecule has 0 aliphatic heterocycles. The highest BCUT2D eigenvalue weighted by Crippen LogP contribution is 2.16. The van der Waals surface area contributed by atoms with E-state index in [1.54, 1.807) is 36.4 Å². The monoisotopic (exact) mass is 463 g/mol. The van der Waals surface area contributed by atoms with Gasteiger partial charge in [-0.2, -0.15) is 0 Å². The molecule has 3 rings (SSSR count). The number of nitrogens with one attached hydrogen (secondary N) is 3. The number of carbonyl (C=O) groups excluding carboxylic acids is 2. The molecule has 3 aromatic carbocycles. The maximum absolute atomic E-state index is 12.1. The Morgan fingerprint density at radius 2 is 1.47 bits per heavy atom. The van der Waals surface area contributed by atoms with Crippen molar-refractivity contribution in [3.8, 4) is 0 Å². The minimum absolute atomic E-state index is 0.0531. The number of amides is 2. The minimum Gasteiger partial charge on any atom is -0.332 e. The number of anilines is 2. The van der Waals surface area contributed by atoms with Gasteiger partial charge in [-0.1, -0.05) is 60.1 Å². The molecule has 0 spiro atoms. The van der Waals surface area contributed by atoms with Crippen LogP contribution in [0.3, 0.4) is 0 Å². The highest BCUT2D eigenvalue weighted by molar-refractivity contribution is 7.80. The second kappa shape index (κ2) is 11.8. The second-order valence-corrected chi connectivity index (χ2v) is 7.72. The minimum atomic E-state index is -0.371. The Morgan fingerprint density at radius 3 is 2.16 bits per heavy atom. The Labute approximate surface area is 197 Å². The van der Waals surface area contributed by atoms with Crippen molar-refractivity contribution in [1.29, 1.82) is 0 Å². The van der Waals surface area contributed by atoms with E-state index in [2.05, 4.69) is 16.0 Å². The average Bonchev–Trinajstić information content (AvgIpc) is 2.79. The molecule has 0 aromatic heterocycles. The molecule has 0 atom stereocenters. The van der Waals surface area contributed by atoms with Gasteiger partial charge in [-0.3, -0.25) is 14.9 Å². The zero-order valence-corrected chi connectivity index (χ0v) is 18.7. The highest BCUT2D eigenvalue weighted by Gasteiger charge is 2.05. The van der Waals surface area contributed by atoms with Gasteiger partial charge < -0.3 is 10.6 Å². The largest absolute Gasteiger partial charge is 0.332 e. The van der Waals surface area contributed by atoms with E-state index in [-0.39, 0.29) is 16.9 Å². The first-order chi connectivity index (χ1) is 15.5. The van der Waals surface area contributed by atoms with Crippen molar-refractivity contribution >= 4 is 58.2 Å². The normalized spacial score (nSPS) is 10.5. The van der Waals surface area contributed by atoms with Crippen molar-refractivity contribution in [1.82, 2.24) is 5.32 Å². The molecule has 3 N–H and O–H groups in total. The molecule has 0 saturated heterocycles. The summed E-state index contributed by atoms with van der Waals surface area (Å²) in [5, 5.41) is 9.11. The number of halogens is 1. The standard InChI is InChI=1S/C25H22ClN3O2S/c26-22-9-5-4-8-19(22)11-17-24(31)29-25(32)28-21-14-12-20(13-15-21)27-23(30)16-10-18-6-2-1-3-7-18/h1-9,11-15,17H,10,16H2,(H,27,30)(H2,28,29,31,32)/b17-11+. The van der Waals surface area contributed by atoms with Gasteiger partial charge in [0, 0.05) is 28.9 Å². The molecule has 0 unspecified atom stereocenters. The zero-order chi connectivity index (χ0) is 22.8. The summed E-state index contributed by atoms with van der Waals surface area (Å²) in [4.78, 5) is 24.2. The van der Waals surface area contributed by atoms with Gasteiger partial charge in [0.1, 0.15) is 0 Å². The van der Waals surface area contributed by atoms with Gasteiger partial charge in [0.2, 0.25) is 11.8 Å². The molecule has 2 amide bonds. The quantitative estimate of drug-likeness (QED) is 0.322. The van der Waals surface area contributed by atoms with E-state index in [0.717, 1.165) is 11.1 Å². The summed E-state index contributed by atoms with van der Waals surface area (Å²) in [6.45, 7) is 0. The van der Waals surface area contributed by atoms with Gasteiger partial charge in [0.05, 0.1) is 0 Å². The van der Waals surface area contributed by atoms with Gasteiger partial charge in [-0.25, -0.2) is 0 Å². The van der Waals surface area contributed by atoms with Gasteiger partial charge >= 0.3 is 0 Å². The predicted octanol–water partition coefficient (Wildman–Crippen LogP) is 5.44. The molecule has 0 heterocycles. The predicted molar refractivity (Wildman–Crippen MR) is 135 cm³/mol. The van der Waals surface area contributed by atoms with Crippen LogP contribution in [0.5, 0.6) is 0 Å². The molecule has 0 saturated carbocycles. The fourth-order valence-electron chi connectivity index (χ4n) is 2.85. The lowest BCUT2D eigenvalue weighted by Crippen LogP contribution is -2.32. The van der Waals surface area contributed by atoms with E-state index in [4.69, 9.17) is 23.8 Å². The van der Waals surface area contributed by atoms with Crippen LogP contribution in [0.2, 0.25) is 5.02 Å². The molecule has 0 aliphatic carbocycles. The number of carbonyl (C=O) groups is 2. The van der Waals surface area contributed by atoms with Crippen LogP contribution in [-0.4, -0.2) is 16.9 Å². The lowest BCUT2D eigenvalue weighted by atomic mass is 10.1. The molecule has 3 aromatic rings. The van der Waals surface area contributed by atoms with Crippen LogP contribution in [0, 0.1) is 0 Å². The van der Waals surface area contributed by atoms with E-state index in [1.165, 1.54) is 6.08 Å². The van der Waals surface area contributed by atoms with E-state index in [1.807, 2.05) is 48.5 Å². The number of rotatable bonds is 7. The Kier molecular flexibility index (Phi) is 8.54. The average molecular weight is 464 g/mol. The van der Waals surface area contributed by atoms with E-state index in [0.29, 0.717) is 29.2 Å². The smallest absolute Gasteiger partial charge is 0.250 e. The molecule has 32 heavy (non-hydrogen) atoms. The Bertz CT molecular complexity index is 1120. The van der Waals surface area contributed by atoms with Crippen molar-refractivity contribution in [2.24, 2.45) is 0 Å². The van der Waals surface area contributed by atoms with Crippen LogP contribution in [0.25, 0.3) is 6.08 Å². The van der Waals surface area contributed by atoms with E-state index in [9.17, 15) is 9.59 Å². The van der Waals surface area contributed by atoms with Crippen molar-refractivity contribution in [2.75, 3.05) is 10.6 Å². The summed E-state index contributed by atoms with van der Waals surface area (Å²) < 4.78 is 0. The lowest BCUT2D eigenvalue weighted by Gasteiger charge is -2.10. The van der Waals surface area contributed by atoms with E-state index >= 15 is 0 Å². The van der Waals surface area contributed by atoms with Crippen LogP contribution in [0.4, 0.5) is 11.4 Å². The maximum atomic E-state index is 12.1. The van der Waals surface area contributed by atoms with Gasteiger partial charge in [0.15, 0.2) is 5.11 Å². The first-order valence-electron chi connectivity index (χ1n) is 9.98. The fourth-order valence-corrected chi connectivity index (χ4v) is 3.27. The molecular weight excluding hydrogens is 442 g/mol. The number of hydrogen-bond acceptors (Lipinski definition) is 3. The Hall–Kier alpha value is -3.48. The summed E-state index contributed by atoms with van der Waals surface area (Å²) in [5.74, 6) is -0.424. The zero-order valence-electron chi connectivity index (χ0n) is 17.2. The van der Waals surface area contributed by atoms with Crippen LogP contribution < -0.4 is 16.0 Å². The maximum Gasteiger partial charge on any atom is 0.250 e. The van der Waals surface area contributed by atoms with Gasteiger partial charge in [-0.15, -0.1) is 0 Å². The van der Waals surface area contributed by atoms with Crippen molar-refractivity contribution in [3.05, 3.63) is 101 Å².